The van der Waals surface area contributed by atoms with Gasteiger partial charge in [-0.15, -0.1) is 0 Å². The summed E-state index contributed by atoms with van der Waals surface area (Å²) in [4.78, 5) is 17.1. The van der Waals surface area contributed by atoms with Crippen LogP contribution in [0, 0.1) is 0 Å². The summed E-state index contributed by atoms with van der Waals surface area (Å²) in [6.45, 7) is 0.719. The van der Waals surface area contributed by atoms with Gasteiger partial charge in [0.2, 0.25) is 5.88 Å². The predicted molar refractivity (Wildman–Crippen MR) is 88.9 cm³/mol. The first-order valence-corrected chi connectivity index (χ1v) is 8.17. The summed E-state index contributed by atoms with van der Waals surface area (Å²) in [7, 11) is 0. The number of carbonyl (C=O) groups excluding carboxylic acids is 1. The summed E-state index contributed by atoms with van der Waals surface area (Å²) in [5, 5.41) is 3.34. The number of hydrogen-bond donors (Lipinski definition) is 1. The van der Waals surface area contributed by atoms with Crippen molar-refractivity contribution in [1.82, 2.24) is 15.2 Å². The third-order valence-electron chi connectivity index (χ3n) is 3.85. The molecule has 0 unspecified atom stereocenters. The van der Waals surface area contributed by atoms with Crippen molar-refractivity contribution in [2.24, 2.45) is 0 Å². The summed E-state index contributed by atoms with van der Waals surface area (Å²) in [5.74, 6) is -0.466. The number of pyridine rings is 1. The minimum Gasteiger partial charge on any atom is -0.470 e. The second kappa shape index (κ2) is 7.41. The third kappa shape index (κ3) is 4.37. The van der Waals surface area contributed by atoms with E-state index in [1.807, 2.05) is 0 Å². The van der Waals surface area contributed by atoms with E-state index < -0.39 is 23.7 Å². The molecule has 1 aliphatic heterocycles. The number of urea groups is 1. The lowest BCUT2D eigenvalue weighted by molar-refractivity contribution is -0.140. The molecule has 9 heteroatoms. The SMILES string of the molecule is O=C(NCc1ccc(Cl)cc1)N1CC(Oc2ncccc2C(F)(F)F)C1. The van der Waals surface area contributed by atoms with Crippen molar-refractivity contribution in [3.8, 4) is 5.88 Å². The molecule has 138 valence electrons. The first-order chi connectivity index (χ1) is 12.3. The van der Waals surface area contributed by atoms with Gasteiger partial charge in [-0.3, -0.25) is 0 Å². The highest BCUT2D eigenvalue weighted by atomic mass is 35.5. The Labute approximate surface area is 152 Å². The second-order valence-corrected chi connectivity index (χ2v) is 6.22. The number of alkyl halides is 3. The molecule has 2 aromatic rings. The molecule has 2 heterocycles. The number of nitrogens with one attached hydrogen (secondary N) is 1. The predicted octanol–water partition coefficient (Wildman–Crippen LogP) is 3.73. The van der Waals surface area contributed by atoms with Gasteiger partial charge >= 0.3 is 12.2 Å². The van der Waals surface area contributed by atoms with Crippen molar-refractivity contribution < 1.29 is 22.7 Å². The van der Waals surface area contributed by atoms with Crippen LogP contribution in [-0.4, -0.2) is 35.1 Å². The van der Waals surface area contributed by atoms with E-state index >= 15 is 0 Å². The topological polar surface area (TPSA) is 54.5 Å². The molecule has 0 spiro atoms. The molecule has 2 amide bonds. The Hall–Kier alpha value is -2.48. The molecule has 1 aliphatic rings. The molecule has 1 aromatic heterocycles. The van der Waals surface area contributed by atoms with E-state index in [9.17, 15) is 18.0 Å². The molecule has 1 saturated heterocycles. The van der Waals surface area contributed by atoms with Crippen molar-refractivity contribution in [2.75, 3.05) is 13.1 Å². The average molecular weight is 386 g/mol. The summed E-state index contributed by atoms with van der Waals surface area (Å²) < 4.78 is 44.0. The summed E-state index contributed by atoms with van der Waals surface area (Å²) in [6.07, 6.45) is -3.82. The fourth-order valence-corrected chi connectivity index (χ4v) is 2.55. The zero-order chi connectivity index (χ0) is 18.7. The molecule has 0 bridgehead atoms. The van der Waals surface area contributed by atoms with Crippen LogP contribution in [0.15, 0.2) is 42.6 Å². The molecule has 26 heavy (non-hydrogen) atoms. The number of benzene rings is 1. The van der Waals surface area contributed by atoms with Crippen LogP contribution in [0.1, 0.15) is 11.1 Å². The van der Waals surface area contributed by atoms with Crippen LogP contribution in [0.3, 0.4) is 0 Å². The zero-order valence-electron chi connectivity index (χ0n) is 13.5. The summed E-state index contributed by atoms with van der Waals surface area (Å²) >= 11 is 5.79. The van der Waals surface area contributed by atoms with E-state index in [-0.39, 0.29) is 19.1 Å². The lowest BCUT2D eigenvalue weighted by Gasteiger charge is -2.38. The van der Waals surface area contributed by atoms with Gasteiger partial charge in [0.05, 0.1) is 13.1 Å². The highest BCUT2D eigenvalue weighted by Gasteiger charge is 2.38. The van der Waals surface area contributed by atoms with Gasteiger partial charge in [-0.2, -0.15) is 13.2 Å². The first-order valence-electron chi connectivity index (χ1n) is 7.79. The van der Waals surface area contributed by atoms with Gasteiger partial charge in [0, 0.05) is 17.8 Å². The molecule has 3 rings (SSSR count). The molecule has 0 aliphatic carbocycles. The number of amides is 2. The highest BCUT2D eigenvalue weighted by Crippen LogP contribution is 2.35. The van der Waals surface area contributed by atoms with Crippen LogP contribution < -0.4 is 10.1 Å². The van der Waals surface area contributed by atoms with Gasteiger partial charge < -0.3 is 15.0 Å². The Kier molecular flexibility index (Phi) is 5.22. The number of ether oxygens (including phenoxy) is 1. The molecule has 1 N–H and O–H groups in total. The van der Waals surface area contributed by atoms with Crippen LogP contribution in [0.5, 0.6) is 5.88 Å². The molecular weight excluding hydrogens is 371 g/mol. The van der Waals surface area contributed by atoms with Crippen molar-refractivity contribution in [3.05, 3.63) is 58.7 Å². The van der Waals surface area contributed by atoms with Crippen LogP contribution >= 0.6 is 11.6 Å². The van der Waals surface area contributed by atoms with Gasteiger partial charge in [0.25, 0.3) is 0 Å². The number of aromatic nitrogens is 1. The second-order valence-electron chi connectivity index (χ2n) is 5.78. The normalized spacial score (nSPS) is 14.7. The Balaban J connectivity index is 1.48. The van der Waals surface area contributed by atoms with Crippen LogP contribution in [0.2, 0.25) is 5.02 Å². The molecular formula is C17H15ClF3N3O2. The lowest BCUT2D eigenvalue weighted by Crippen LogP contribution is -2.58. The van der Waals surface area contributed by atoms with E-state index in [1.165, 1.54) is 17.2 Å². The minimum atomic E-state index is -4.54. The molecule has 1 fully saturated rings. The fourth-order valence-electron chi connectivity index (χ4n) is 2.43. The van der Waals surface area contributed by atoms with Crippen molar-refractivity contribution >= 4 is 17.6 Å². The third-order valence-corrected chi connectivity index (χ3v) is 4.10. The Bertz CT molecular complexity index is 778. The smallest absolute Gasteiger partial charge is 0.421 e. The van der Waals surface area contributed by atoms with E-state index in [1.54, 1.807) is 24.3 Å². The van der Waals surface area contributed by atoms with Crippen molar-refractivity contribution in [3.63, 3.8) is 0 Å². The number of halogens is 4. The zero-order valence-corrected chi connectivity index (χ0v) is 14.2. The van der Waals surface area contributed by atoms with Crippen molar-refractivity contribution in [2.45, 2.75) is 18.8 Å². The monoisotopic (exact) mass is 385 g/mol. The maximum atomic E-state index is 12.9. The van der Waals surface area contributed by atoms with Crippen LogP contribution in [-0.2, 0) is 12.7 Å². The summed E-state index contributed by atoms with van der Waals surface area (Å²) in [6, 6.07) is 8.85. The maximum Gasteiger partial charge on any atom is 0.421 e. The summed E-state index contributed by atoms with van der Waals surface area (Å²) in [5.41, 5.74) is -0.0370. The van der Waals surface area contributed by atoms with E-state index in [2.05, 4.69) is 10.3 Å². The van der Waals surface area contributed by atoms with Crippen molar-refractivity contribution in [1.29, 1.82) is 0 Å². The molecule has 5 nitrogen and oxygen atoms in total. The number of rotatable bonds is 4. The standard InChI is InChI=1S/C17H15ClF3N3O2/c18-12-5-3-11(4-6-12)8-23-16(25)24-9-13(10-24)26-15-14(17(19,20)21)2-1-7-22-15/h1-7,13H,8-10H2,(H,23,25). The lowest BCUT2D eigenvalue weighted by atomic mass is 10.1. The van der Waals surface area contributed by atoms with E-state index in [0.29, 0.717) is 11.6 Å². The number of likely N-dealkylation sites (tertiary alicyclic amines) is 1. The molecule has 0 atom stereocenters. The largest absolute Gasteiger partial charge is 0.470 e. The number of carbonyl (C=O) groups is 1. The molecule has 1 aromatic carbocycles. The Morgan fingerprint density at radius 1 is 1.27 bits per heavy atom. The maximum absolute atomic E-state index is 12.9. The first kappa shape index (κ1) is 18.3. The quantitative estimate of drug-likeness (QED) is 0.872. The van der Waals surface area contributed by atoms with Crippen LogP contribution in [0.4, 0.5) is 18.0 Å². The van der Waals surface area contributed by atoms with E-state index in [0.717, 1.165) is 11.6 Å². The highest BCUT2D eigenvalue weighted by molar-refractivity contribution is 6.30. The molecule has 0 radical (unpaired) electrons. The Morgan fingerprint density at radius 2 is 1.96 bits per heavy atom. The number of hydrogen-bond acceptors (Lipinski definition) is 3. The average Bonchev–Trinajstić information content (AvgIpc) is 2.56. The minimum absolute atomic E-state index is 0.195. The molecule has 0 saturated carbocycles. The van der Waals surface area contributed by atoms with Crippen LogP contribution in [0.25, 0.3) is 0 Å². The van der Waals surface area contributed by atoms with Gasteiger partial charge in [0.15, 0.2) is 0 Å². The van der Waals surface area contributed by atoms with Gasteiger partial charge in [-0.05, 0) is 29.8 Å². The Morgan fingerprint density at radius 3 is 2.62 bits per heavy atom. The number of nitrogens with zero attached hydrogens (tertiary/aromatic N) is 2. The van der Waals surface area contributed by atoms with Gasteiger partial charge in [-0.1, -0.05) is 23.7 Å². The van der Waals surface area contributed by atoms with Gasteiger partial charge in [-0.25, -0.2) is 9.78 Å². The fraction of sp³-hybridized carbons (Fsp3) is 0.294. The van der Waals surface area contributed by atoms with Gasteiger partial charge in [0.1, 0.15) is 11.7 Å². The van der Waals surface area contributed by atoms with E-state index in [4.69, 9.17) is 16.3 Å².